The topological polar surface area (TPSA) is 79.5 Å². The van der Waals surface area contributed by atoms with Crippen LogP contribution in [0.2, 0.25) is 0 Å². The van der Waals surface area contributed by atoms with E-state index in [1.54, 1.807) is 6.92 Å². The van der Waals surface area contributed by atoms with Crippen molar-refractivity contribution in [2.75, 3.05) is 0 Å². The minimum Gasteiger partial charge on any atom is -0.489 e. The molecular weight excluding hydrogens is 514 g/mol. The van der Waals surface area contributed by atoms with Crippen molar-refractivity contribution in [3.8, 4) is 5.75 Å². The average molecular weight is 537 g/mol. The van der Waals surface area contributed by atoms with E-state index in [0.29, 0.717) is 29.1 Å². The number of hydrogen-bond acceptors (Lipinski definition) is 3. The Bertz CT molecular complexity index is 991. The number of benzene rings is 2. The maximum atomic E-state index is 13.2. The zero-order valence-electron chi connectivity index (χ0n) is 16.9. The van der Waals surface area contributed by atoms with Gasteiger partial charge >= 0.3 is 6.03 Å². The lowest BCUT2D eigenvalue weighted by Gasteiger charge is -2.30. The van der Waals surface area contributed by atoms with Crippen LogP contribution in [0.4, 0.5) is 4.79 Å². The van der Waals surface area contributed by atoms with Gasteiger partial charge in [-0.3, -0.25) is 4.79 Å². The summed E-state index contributed by atoms with van der Waals surface area (Å²) in [5.41, 5.74) is 2.61. The summed E-state index contributed by atoms with van der Waals surface area (Å²) in [4.78, 5) is 25.4. The highest BCUT2D eigenvalue weighted by atomic mass is 79.9. The molecule has 0 bridgehead atoms. The third-order valence-corrected chi connectivity index (χ3v) is 5.56. The number of allylic oxidation sites excluding steroid dienone is 1. The van der Waals surface area contributed by atoms with Crippen LogP contribution in [0.15, 0.2) is 62.7 Å². The Kier molecular flexibility index (Phi) is 7.20. The maximum Gasteiger partial charge on any atom is 0.319 e. The van der Waals surface area contributed by atoms with Crippen molar-refractivity contribution in [1.29, 1.82) is 0 Å². The van der Waals surface area contributed by atoms with Crippen LogP contribution in [0.3, 0.4) is 0 Å². The quantitative estimate of drug-likeness (QED) is 0.489. The molecule has 0 spiro atoms. The van der Waals surface area contributed by atoms with Crippen LogP contribution in [0.25, 0.3) is 0 Å². The standard InChI is InChI=1S/C22H23Br2N3O3/c1-12(2)30-20-16(9-15(23)10-17(20)24)19-18(13(3)26-22(29)27-19)21(28)25-11-14-7-5-4-6-8-14/h4-10,12,19H,11H2,1-3H3,(H,25,28)(H2,26,27,29)/t19-/m1/s1. The highest BCUT2D eigenvalue weighted by molar-refractivity contribution is 9.11. The lowest BCUT2D eigenvalue weighted by molar-refractivity contribution is -0.118. The van der Waals surface area contributed by atoms with Gasteiger partial charge in [-0.2, -0.15) is 0 Å². The molecule has 8 heteroatoms. The van der Waals surface area contributed by atoms with Crippen molar-refractivity contribution >= 4 is 43.8 Å². The van der Waals surface area contributed by atoms with Crippen molar-refractivity contribution < 1.29 is 14.3 Å². The third-order valence-electron chi connectivity index (χ3n) is 4.51. The number of hydrogen-bond donors (Lipinski definition) is 3. The molecule has 1 aliphatic heterocycles. The van der Waals surface area contributed by atoms with Gasteiger partial charge in [0.05, 0.1) is 22.2 Å². The van der Waals surface area contributed by atoms with E-state index in [2.05, 4.69) is 47.8 Å². The van der Waals surface area contributed by atoms with E-state index in [1.807, 2.05) is 56.3 Å². The van der Waals surface area contributed by atoms with Crippen molar-refractivity contribution in [3.05, 3.63) is 73.8 Å². The molecule has 0 aromatic heterocycles. The second-order valence-electron chi connectivity index (χ2n) is 7.21. The summed E-state index contributed by atoms with van der Waals surface area (Å²) in [5, 5.41) is 8.52. The molecule has 3 rings (SSSR count). The summed E-state index contributed by atoms with van der Waals surface area (Å²) in [6.07, 6.45) is -0.0842. The molecule has 6 nitrogen and oxygen atoms in total. The lowest BCUT2D eigenvalue weighted by Crippen LogP contribution is -2.47. The maximum absolute atomic E-state index is 13.2. The van der Waals surface area contributed by atoms with E-state index >= 15 is 0 Å². The number of rotatable bonds is 6. The predicted octanol–water partition coefficient (Wildman–Crippen LogP) is 4.94. The summed E-state index contributed by atoms with van der Waals surface area (Å²) < 4.78 is 7.55. The van der Waals surface area contributed by atoms with Gasteiger partial charge in [0, 0.05) is 22.3 Å². The molecule has 0 fully saturated rings. The van der Waals surface area contributed by atoms with Gasteiger partial charge in [0.25, 0.3) is 5.91 Å². The fourth-order valence-electron chi connectivity index (χ4n) is 3.26. The van der Waals surface area contributed by atoms with Crippen LogP contribution in [-0.2, 0) is 11.3 Å². The van der Waals surface area contributed by atoms with Gasteiger partial charge in [-0.25, -0.2) is 4.79 Å². The number of amides is 3. The Balaban J connectivity index is 1.99. The first-order valence-electron chi connectivity index (χ1n) is 9.52. The minimum atomic E-state index is -0.669. The first kappa shape index (κ1) is 22.4. The first-order chi connectivity index (χ1) is 14.3. The molecule has 0 saturated carbocycles. The number of carbonyl (C=O) groups is 2. The molecule has 3 N–H and O–H groups in total. The molecule has 3 amide bonds. The van der Waals surface area contributed by atoms with Crippen molar-refractivity contribution in [2.24, 2.45) is 0 Å². The van der Waals surface area contributed by atoms with Crippen LogP contribution in [0, 0.1) is 0 Å². The zero-order valence-corrected chi connectivity index (χ0v) is 20.1. The smallest absolute Gasteiger partial charge is 0.319 e. The van der Waals surface area contributed by atoms with Crippen LogP contribution in [0.1, 0.15) is 37.9 Å². The second kappa shape index (κ2) is 9.66. The van der Waals surface area contributed by atoms with Crippen molar-refractivity contribution in [3.63, 3.8) is 0 Å². The van der Waals surface area contributed by atoms with E-state index < -0.39 is 6.04 Å². The molecule has 0 aliphatic carbocycles. The number of carbonyl (C=O) groups excluding carboxylic acids is 2. The number of nitrogens with one attached hydrogen (secondary N) is 3. The Labute approximate surface area is 192 Å². The molecule has 0 unspecified atom stereocenters. The van der Waals surface area contributed by atoms with Crippen molar-refractivity contribution in [2.45, 2.75) is 39.5 Å². The number of urea groups is 1. The van der Waals surface area contributed by atoms with Crippen LogP contribution in [-0.4, -0.2) is 18.0 Å². The molecule has 1 atom stereocenters. The molecule has 0 saturated heterocycles. The summed E-state index contributed by atoms with van der Waals surface area (Å²) >= 11 is 7.04. The Morgan fingerprint density at radius 1 is 1.20 bits per heavy atom. The van der Waals surface area contributed by atoms with Gasteiger partial charge in [-0.15, -0.1) is 0 Å². The molecular formula is C22H23Br2N3O3. The van der Waals surface area contributed by atoms with Gasteiger partial charge in [0.15, 0.2) is 0 Å². The summed E-state index contributed by atoms with van der Waals surface area (Å²) in [6, 6.07) is 12.3. The first-order valence-corrected chi connectivity index (χ1v) is 11.1. The van der Waals surface area contributed by atoms with E-state index in [1.165, 1.54) is 0 Å². The monoisotopic (exact) mass is 535 g/mol. The van der Waals surface area contributed by atoms with E-state index in [4.69, 9.17) is 4.74 Å². The Hall–Kier alpha value is -2.32. The van der Waals surface area contributed by atoms with Crippen LogP contribution < -0.4 is 20.7 Å². The van der Waals surface area contributed by atoms with E-state index in [0.717, 1.165) is 14.5 Å². The molecule has 1 aliphatic rings. The van der Waals surface area contributed by atoms with Gasteiger partial charge in [0.1, 0.15) is 5.75 Å². The van der Waals surface area contributed by atoms with E-state index in [-0.39, 0.29) is 18.0 Å². The third kappa shape index (κ3) is 5.23. The highest BCUT2D eigenvalue weighted by Gasteiger charge is 2.34. The molecule has 30 heavy (non-hydrogen) atoms. The summed E-state index contributed by atoms with van der Waals surface area (Å²) in [6.45, 7) is 5.95. The predicted molar refractivity (Wildman–Crippen MR) is 123 cm³/mol. The van der Waals surface area contributed by atoms with Gasteiger partial charge in [0.2, 0.25) is 0 Å². The molecule has 0 radical (unpaired) electrons. The Morgan fingerprint density at radius 3 is 2.57 bits per heavy atom. The average Bonchev–Trinajstić information content (AvgIpc) is 2.68. The molecule has 158 valence electrons. The fraction of sp³-hybridized carbons (Fsp3) is 0.273. The van der Waals surface area contributed by atoms with Gasteiger partial charge < -0.3 is 20.7 Å². The Morgan fingerprint density at radius 2 is 1.90 bits per heavy atom. The largest absolute Gasteiger partial charge is 0.489 e. The highest BCUT2D eigenvalue weighted by Crippen LogP contribution is 2.40. The normalized spacial score (nSPS) is 16.2. The SMILES string of the molecule is CC1=C(C(=O)NCc2ccccc2)[C@@H](c2cc(Br)cc(Br)c2OC(C)C)NC(=O)N1. The summed E-state index contributed by atoms with van der Waals surface area (Å²) in [5.74, 6) is 0.321. The van der Waals surface area contributed by atoms with Crippen LogP contribution >= 0.6 is 31.9 Å². The lowest BCUT2D eigenvalue weighted by atomic mass is 9.94. The molecule has 2 aromatic rings. The number of halogens is 2. The van der Waals surface area contributed by atoms with Gasteiger partial charge in [-0.1, -0.05) is 46.3 Å². The molecule has 1 heterocycles. The molecule has 2 aromatic carbocycles. The fourth-order valence-corrected chi connectivity index (χ4v) is 4.61. The van der Waals surface area contributed by atoms with E-state index in [9.17, 15) is 9.59 Å². The van der Waals surface area contributed by atoms with Gasteiger partial charge in [-0.05, 0) is 54.4 Å². The van der Waals surface area contributed by atoms with Crippen molar-refractivity contribution in [1.82, 2.24) is 16.0 Å². The minimum absolute atomic E-state index is 0.0842. The summed E-state index contributed by atoms with van der Waals surface area (Å²) in [7, 11) is 0. The second-order valence-corrected chi connectivity index (χ2v) is 8.98. The van der Waals surface area contributed by atoms with Crippen LogP contribution in [0.5, 0.6) is 5.75 Å². The number of ether oxygens (including phenoxy) is 1. The zero-order chi connectivity index (χ0) is 21.8.